The molecule has 1 aliphatic heterocycles. The number of carbonyl (C=O) groups is 2. The first-order valence-corrected chi connectivity index (χ1v) is 14.6. The van der Waals surface area contributed by atoms with E-state index >= 15 is 0 Å². The highest BCUT2D eigenvalue weighted by molar-refractivity contribution is 5.95. The number of nitrogens with one attached hydrogen (secondary N) is 3. The van der Waals surface area contributed by atoms with Crippen LogP contribution in [0.4, 0.5) is 9.18 Å². The predicted molar refractivity (Wildman–Crippen MR) is 170 cm³/mol. The van der Waals surface area contributed by atoms with Gasteiger partial charge < -0.3 is 34.7 Å². The van der Waals surface area contributed by atoms with Crippen molar-refractivity contribution in [2.24, 2.45) is 5.10 Å². The third-order valence-electron chi connectivity index (χ3n) is 6.87. The Morgan fingerprint density at radius 1 is 1.09 bits per heavy atom. The van der Waals surface area contributed by atoms with Crippen LogP contribution in [0.1, 0.15) is 42.1 Å². The summed E-state index contributed by atoms with van der Waals surface area (Å²) in [6.45, 7) is 7.70. The number of rotatable bonds is 15. The Hall–Kier alpha value is -5.36. The van der Waals surface area contributed by atoms with Crippen LogP contribution in [-0.4, -0.2) is 49.9 Å². The van der Waals surface area contributed by atoms with Crippen LogP contribution in [0.5, 0.6) is 17.2 Å². The molecular formula is C34H37FN4O7. The highest BCUT2D eigenvalue weighted by Gasteiger charge is 2.32. The van der Waals surface area contributed by atoms with Crippen LogP contribution in [0.3, 0.4) is 0 Å². The van der Waals surface area contributed by atoms with Crippen LogP contribution < -0.4 is 30.3 Å². The molecule has 0 fully saturated rings. The van der Waals surface area contributed by atoms with E-state index in [-0.39, 0.29) is 18.0 Å². The number of esters is 1. The first-order chi connectivity index (χ1) is 22.2. The van der Waals surface area contributed by atoms with Crippen LogP contribution in [0, 0.1) is 5.82 Å². The third kappa shape index (κ3) is 8.85. The van der Waals surface area contributed by atoms with Crippen molar-refractivity contribution >= 4 is 18.2 Å². The van der Waals surface area contributed by atoms with Crippen molar-refractivity contribution in [3.63, 3.8) is 0 Å². The standard InChI is InChI=1S/C34H37FN4O7/c1-5-7-24-16-23(10-14-27(24)45-19-22-8-12-26(35)13-9-22)18-36-39-30(40)20-46-28-15-11-25(17-29(28)44-6-2)32-31(33(41)43-4)21(3)37-34(42)38-32/h5,8-18,30,32,39-40H,1,6-7,19-20H2,2-4H3,(H2,37,38,42)/b36-18-/t30-,32+/m0/s1. The van der Waals surface area contributed by atoms with Gasteiger partial charge in [0.15, 0.2) is 17.7 Å². The predicted octanol–water partition coefficient (Wildman–Crippen LogP) is 4.65. The van der Waals surface area contributed by atoms with Crippen molar-refractivity contribution in [2.75, 3.05) is 20.3 Å². The van der Waals surface area contributed by atoms with Gasteiger partial charge in [0.25, 0.3) is 0 Å². The summed E-state index contributed by atoms with van der Waals surface area (Å²) >= 11 is 0. The first kappa shape index (κ1) is 33.5. The number of urea groups is 1. The van der Waals surface area contributed by atoms with Crippen molar-refractivity contribution in [3.8, 4) is 17.2 Å². The summed E-state index contributed by atoms with van der Waals surface area (Å²) in [5.41, 5.74) is 6.37. The maximum absolute atomic E-state index is 13.2. The van der Waals surface area contributed by atoms with Gasteiger partial charge in [0.05, 0.1) is 31.5 Å². The molecule has 4 rings (SSSR count). The molecule has 0 unspecified atom stereocenters. The molecule has 4 N–H and O–H groups in total. The smallest absolute Gasteiger partial charge is 0.337 e. The molecule has 0 aromatic heterocycles. The van der Waals surface area contributed by atoms with E-state index in [0.717, 1.165) is 16.7 Å². The van der Waals surface area contributed by atoms with Gasteiger partial charge in [-0.25, -0.2) is 14.0 Å². The number of methoxy groups -OCH3 is 1. The zero-order valence-electron chi connectivity index (χ0n) is 25.8. The number of hydrazone groups is 1. The van der Waals surface area contributed by atoms with E-state index in [2.05, 4.69) is 27.7 Å². The number of aliphatic hydroxyl groups excluding tert-OH is 1. The van der Waals surface area contributed by atoms with E-state index < -0.39 is 24.3 Å². The van der Waals surface area contributed by atoms with Crippen molar-refractivity contribution in [3.05, 3.63) is 113 Å². The minimum atomic E-state index is -1.16. The van der Waals surface area contributed by atoms with E-state index in [0.29, 0.717) is 48.1 Å². The molecule has 46 heavy (non-hydrogen) atoms. The summed E-state index contributed by atoms with van der Waals surface area (Å²) in [5, 5.41) is 19.9. The highest BCUT2D eigenvalue weighted by atomic mass is 19.1. The SMILES string of the molecule is C=CCc1cc(/C=N\N[C@@H](O)COc2ccc([C@H]3NC(=O)NC(C)=C3C(=O)OC)cc2OCC)ccc1OCc1ccc(F)cc1. The average molecular weight is 633 g/mol. The van der Waals surface area contributed by atoms with Gasteiger partial charge in [-0.2, -0.15) is 5.10 Å². The zero-order chi connectivity index (χ0) is 33.1. The molecule has 1 aliphatic rings. The Balaban J connectivity index is 1.37. The lowest BCUT2D eigenvalue weighted by atomic mass is 9.95. The summed E-state index contributed by atoms with van der Waals surface area (Å²) in [4.78, 5) is 24.6. The normalized spacial score (nSPS) is 15.1. The van der Waals surface area contributed by atoms with Crippen LogP contribution in [0.2, 0.25) is 0 Å². The van der Waals surface area contributed by atoms with Crippen molar-refractivity contribution in [1.29, 1.82) is 0 Å². The van der Waals surface area contributed by atoms with Gasteiger partial charge in [-0.3, -0.25) is 5.43 Å². The van der Waals surface area contributed by atoms with Crippen LogP contribution >= 0.6 is 0 Å². The lowest BCUT2D eigenvalue weighted by Crippen LogP contribution is -2.45. The largest absolute Gasteiger partial charge is 0.490 e. The summed E-state index contributed by atoms with van der Waals surface area (Å²) in [5.74, 6) is 0.507. The number of benzene rings is 3. The molecule has 0 saturated carbocycles. The zero-order valence-corrected chi connectivity index (χ0v) is 25.8. The molecule has 1 heterocycles. The number of amides is 2. The number of carbonyl (C=O) groups excluding carboxylic acids is 2. The molecule has 242 valence electrons. The first-order valence-electron chi connectivity index (χ1n) is 14.6. The molecule has 2 atom stereocenters. The maximum Gasteiger partial charge on any atom is 0.337 e. The Labute approximate surface area is 266 Å². The number of hydrogen-bond acceptors (Lipinski definition) is 9. The number of aliphatic hydroxyl groups is 1. The van der Waals surface area contributed by atoms with Gasteiger partial charge >= 0.3 is 12.0 Å². The van der Waals surface area contributed by atoms with Crippen molar-refractivity contribution in [1.82, 2.24) is 16.1 Å². The molecular weight excluding hydrogens is 595 g/mol. The van der Waals surface area contributed by atoms with Crippen LogP contribution in [-0.2, 0) is 22.6 Å². The molecule has 0 spiro atoms. The maximum atomic E-state index is 13.2. The second-order valence-electron chi connectivity index (χ2n) is 10.2. The monoisotopic (exact) mass is 632 g/mol. The number of halogens is 1. The third-order valence-corrected chi connectivity index (χ3v) is 6.87. The second kappa shape index (κ2) is 16.1. The fourth-order valence-corrected chi connectivity index (χ4v) is 4.70. The molecule has 0 aliphatic carbocycles. The van der Waals surface area contributed by atoms with Crippen LogP contribution in [0.25, 0.3) is 0 Å². The van der Waals surface area contributed by atoms with E-state index in [1.807, 2.05) is 25.1 Å². The average Bonchev–Trinajstić information content (AvgIpc) is 3.04. The Morgan fingerprint density at radius 3 is 2.57 bits per heavy atom. The molecule has 2 amide bonds. The van der Waals surface area contributed by atoms with Gasteiger partial charge in [-0.05, 0) is 85.0 Å². The summed E-state index contributed by atoms with van der Waals surface area (Å²) in [7, 11) is 1.27. The minimum absolute atomic E-state index is 0.162. The number of ether oxygens (including phenoxy) is 4. The summed E-state index contributed by atoms with van der Waals surface area (Å²) in [6, 6.07) is 15.4. The topological polar surface area (TPSA) is 140 Å². The Bertz CT molecular complexity index is 1610. The van der Waals surface area contributed by atoms with Gasteiger partial charge in [0.2, 0.25) is 0 Å². The van der Waals surface area contributed by atoms with Crippen LogP contribution in [0.15, 0.2) is 89.7 Å². The summed E-state index contributed by atoms with van der Waals surface area (Å²) in [6.07, 6.45) is 2.73. The Kier molecular flexibility index (Phi) is 11.7. The second-order valence-corrected chi connectivity index (χ2v) is 10.2. The molecule has 0 saturated heterocycles. The number of nitrogens with zero attached hydrogens (tertiary/aromatic N) is 1. The minimum Gasteiger partial charge on any atom is -0.490 e. The van der Waals surface area contributed by atoms with E-state index in [1.165, 1.54) is 19.2 Å². The number of allylic oxidation sites excluding steroid dienone is 2. The molecule has 3 aromatic rings. The number of hydrogen-bond donors (Lipinski definition) is 4. The molecule has 3 aromatic carbocycles. The molecule has 0 bridgehead atoms. The van der Waals surface area contributed by atoms with E-state index in [9.17, 15) is 19.1 Å². The lowest BCUT2D eigenvalue weighted by Gasteiger charge is -2.28. The molecule has 0 radical (unpaired) electrons. The van der Waals surface area contributed by atoms with E-state index in [4.69, 9.17) is 18.9 Å². The quantitative estimate of drug-likeness (QED) is 0.0624. The fourth-order valence-electron chi connectivity index (χ4n) is 4.70. The molecule has 12 heteroatoms. The molecule has 11 nitrogen and oxygen atoms in total. The van der Waals surface area contributed by atoms with Gasteiger partial charge in [-0.1, -0.05) is 24.3 Å². The summed E-state index contributed by atoms with van der Waals surface area (Å²) < 4.78 is 35.6. The van der Waals surface area contributed by atoms with Crippen molar-refractivity contribution < 1.29 is 38.0 Å². The Morgan fingerprint density at radius 2 is 1.85 bits per heavy atom. The lowest BCUT2D eigenvalue weighted by molar-refractivity contribution is -0.136. The van der Waals surface area contributed by atoms with Gasteiger partial charge in [0, 0.05) is 5.70 Å². The fraction of sp³-hybridized carbons (Fsp3) is 0.265. The van der Waals surface area contributed by atoms with Gasteiger partial charge in [0.1, 0.15) is 24.8 Å². The van der Waals surface area contributed by atoms with E-state index in [1.54, 1.807) is 49.5 Å². The van der Waals surface area contributed by atoms with Crippen molar-refractivity contribution in [2.45, 2.75) is 39.1 Å². The van der Waals surface area contributed by atoms with Gasteiger partial charge in [-0.15, -0.1) is 6.58 Å². The highest BCUT2D eigenvalue weighted by Crippen LogP contribution is 2.35.